The van der Waals surface area contributed by atoms with Gasteiger partial charge in [0.25, 0.3) is 5.91 Å². The number of thiophene rings is 1. The summed E-state index contributed by atoms with van der Waals surface area (Å²) >= 11 is 1.42. The first-order valence-electron chi connectivity index (χ1n) is 13.0. The van der Waals surface area contributed by atoms with Crippen molar-refractivity contribution in [3.8, 4) is 16.3 Å². The van der Waals surface area contributed by atoms with Crippen molar-refractivity contribution < 1.29 is 23.0 Å². The van der Waals surface area contributed by atoms with Crippen LogP contribution in [-0.2, 0) is 9.59 Å². The van der Waals surface area contributed by atoms with E-state index in [4.69, 9.17) is 4.74 Å². The van der Waals surface area contributed by atoms with Crippen molar-refractivity contribution in [3.05, 3.63) is 88.0 Å². The van der Waals surface area contributed by atoms with Crippen molar-refractivity contribution in [2.24, 2.45) is 0 Å². The molecule has 1 amide bonds. The number of halogens is 2. The highest BCUT2D eigenvalue weighted by Crippen LogP contribution is 2.28. The van der Waals surface area contributed by atoms with Crippen LogP contribution in [0, 0.1) is 0 Å². The Bertz CT molecular complexity index is 1570. The standard InChI is InChI=1S/C30H30BF2N3O3S/c1-22(37)6-3-2-4-18-34-30(38)21-39-27-15-9-23(10-16-27)8-11-24-12-13-25(35-24)20-26-14-17-28(36(26)31(32)33)29-7-5-19-40-29/h5,7-10,12-17,19-20,35H,2-4,6,18,21H2,1H3,(H,34,38). The zero-order chi connectivity index (χ0) is 28.3. The molecule has 3 aromatic heterocycles. The van der Waals surface area contributed by atoms with E-state index in [-0.39, 0.29) is 18.3 Å². The van der Waals surface area contributed by atoms with Gasteiger partial charge >= 0.3 is 7.40 Å². The Morgan fingerprint density at radius 3 is 2.62 bits per heavy atom. The molecule has 2 N–H and O–H groups in total. The number of hydrogen-bond acceptors (Lipinski definition) is 4. The fourth-order valence-electron chi connectivity index (χ4n) is 4.09. The highest BCUT2D eigenvalue weighted by Gasteiger charge is 2.23. The lowest BCUT2D eigenvalue weighted by Crippen LogP contribution is -2.29. The second-order valence-corrected chi connectivity index (χ2v) is 10.2. The molecule has 206 valence electrons. The molecule has 4 rings (SSSR count). The molecule has 0 spiro atoms. The molecule has 10 heteroatoms. The van der Waals surface area contributed by atoms with Crippen LogP contribution in [0.5, 0.6) is 5.75 Å². The Morgan fingerprint density at radius 2 is 1.90 bits per heavy atom. The summed E-state index contributed by atoms with van der Waals surface area (Å²) in [6.07, 6.45) is 6.65. The van der Waals surface area contributed by atoms with Crippen molar-refractivity contribution in [2.75, 3.05) is 13.2 Å². The molecule has 4 aromatic rings. The van der Waals surface area contributed by atoms with Gasteiger partial charge in [0.05, 0.1) is 11.0 Å². The average molecular weight is 561 g/mol. The first-order chi connectivity index (χ1) is 19.4. The van der Waals surface area contributed by atoms with Crippen LogP contribution in [-0.4, -0.2) is 41.7 Å². The van der Waals surface area contributed by atoms with Crippen LogP contribution < -0.4 is 20.8 Å². The van der Waals surface area contributed by atoms with Crippen molar-refractivity contribution in [2.45, 2.75) is 32.6 Å². The lowest BCUT2D eigenvalue weighted by molar-refractivity contribution is -0.123. The highest BCUT2D eigenvalue weighted by molar-refractivity contribution is 7.13. The third-order valence-corrected chi connectivity index (χ3v) is 6.99. The van der Waals surface area contributed by atoms with E-state index in [1.165, 1.54) is 11.3 Å². The summed E-state index contributed by atoms with van der Waals surface area (Å²) in [5, 5.41) is 6.07. The van der Waals surface area contributed by atoms with Gasteiger partial charge in [0.2, 0.25) is 0 Å². The largest absolute Gasteiger partial charge is 0.678 e. The van der Waals surface area contributed by atoms with Crippen molar-refractivity contribution in [1.29, 1.82) is 0 Å². The van der Waals surface area contributed by atoms with E-state index in [9.17, 15) is 18.2 Å². The number of nitrogens with one attached hydrogen (secondary N) is 2. The Morgan fingerprint density at radius 1 is 1.07 bits per heavy atom. The van der Waals surface area contributed by atoms with Crippen LogP contribution >= 0.6 is 11.3 Å². The number of carbonyl (C=O) groups is 2. The Hall–Kier alpha value is -4.14. The number of carbonyl (C=O) groups excluding carboxylic acids is 2. The number of ether oxygens (including phenoxy) is 1. The van der Waals surface area contributed by atoms with Crippen LogP contribution in [0.4, 0.5) is 8.63 Å². The Labute approximate surface area is 235 Å². The lowest BCUT2D eigenvalue weighted by atomic mass is 10.1. The summed E-state index contributed by atoms with van der Waals surface area (Å²) in [5.41, 5.74) is 4.95. The molecule has 0 fully saturated rings. The molecule has 40 heavy (non-hydrogen) atoms. The van der Waals surface area contributed by atoms with E-state index < -0.39 is 7.40 Å². The molecule has 0 aliphatic rings. The number of aromatic amines is 1. The fourth-order valence-corrected chi connectivity index (χ4v) is 4.84. The number of H-pyrrole nitrogens is 1. The monoisotopic (exact) mass is 561 g/mol. The molecular formula is C30H30BF2N3O3S. The van der Waals surface area contributed by atoms with Crippen LogP contribution in [0.3, 0.4) is 0 Å². The summed E-state index contributed by atoms with van der Waals surface area (Å²) in [7, 11) is -2.66. The number of benzene rings is 1. The number of hydrogen-bond donors (Lipinski definition) is 2. The van der Waals surface area contributed by atoms with Gasteiger partial charge in [0.1, 0.15) is 11.5 Å². The quantitative estimate of drug-likeness (QED) is 0.181. The summed E-state index contributed by atoms with van der Waals surface area (Å²) < 4.78 is 34.2. The van der Waals surface area contributed by atoms with Crippen molar-refractivity contribution >= 4 is 48.3 Å². The first kappa shape index (κ1) is 28.9. The minimum atomic E-state index is -2.66. The summed E-state index contributed by atoms with van der Waals surface area (Å²) in [5.74, 6) is 0.579. The summed E-state index contributed by atoms with van der Waals surface area (Å²) in [6.45, 7) is 2.08. The minimum absolute atomic E-state index is 0.0692. The molecule has 0 radical (unpaired) electrons. The fraction of sp³-hybridized carbons (Fsp3) is 0.233. The van der Waals surface area contributed by atoms with Gasteiger partial charge in [-0.2, -0.15) is 0 Å². The third kappa shape index (κ3) is 8.43. The van der Waals surface area contributed by atoms with Gasteiger partial charge in [-0.25, -0.2) is 0 Å². The second kappa shape index (κ2) is 14.3. The van der Waals surface area contributed by atoms with E-state index >= 15 is 0 Å². The van der Waals surface area contributed by atoms with Crippen molar-refractivity contribution in [3.63, 3.8) is 0 Å². The van der Waals surface area contributed by atoms with E-state index in [2.05, 4.69) is 16.0 Å². The number of rotatable bonds is 13. The minimum Gasteiger partial charge on any atom is -0.484 e. The highest BCUT2D eigenvalue weighted by atomic mass is 32.1. The van der Waals surface area contributed by atoms with Gasteiger partial charge in [-0.05, 0) is 85.3 Å². The number of nitrogens with zero attached hydrogens (tertiary/aromatic N) is 1. The molecule has 0 aliphatic heterocycles. The number of ketones is 1. The van der Waals surface area contributed by atoms with Gasteiger partial charge in [-0.1, -0.05) is 30.4 Å². The maximum absolute atomic E-state index is 13.8. The van der Waals surface area contributed by atoms with Gasteiger partial charge in [0, 0.05) is 28.9 Å². The lowest BCUT2D eigenvalue weighted by Gasteiger charge is -2.07. The predicted molar refractivity (Wildman–Crippen MR) is 157 cm³/mol. The first-order valence-corrected chi connectivity index (χ1v) is 13.9. The normalized spacial score (nSPS) is 11.2. The van der Waals surface area contributed by atoms with Gasteiger partial charge in [0.15, 0.2) is 6.61 Å². The molecule has 0 unspecified atom stereocenters. The zero-order valence-corrected chi connectivity index (χ0v) is 23.0. The van der Waals surface area contributed by atoms with E-state index in [0.717, 1.165) is 34.2 Å². The number of unbranched alkanes of at least 4 members (excludes halogenated alkanes) is 2. The molecule has 0 saturated heterocycles. The number of aromatic nitrogens is 2. The SMILES string of the molecule is CC(=O)CCCCCNC(=O)COc1ccc(C=C=c2ccc(=Cc3ccc(-c4cccs4)n3B(F)F)[nH]2)cc1. The third-order valence-electron chi connectivity index (χ3n) is 6.10. The average Bonchev–Trinajstić information content (AvgIpc) is 3.70. The molecule has 6 nitrogen and oxygen atoms in total. The molecule has 0 bridgehead atoms. The second-order valence-electron chi connectivity index (χ2n) is 9.25. The maximum atomic E-state index is 13.8. The van der Waals surface area contributed by atoms with E-state index in [1.807, 2.05) is 41.8 Å². The van der Waals surface area contributed by atoms with Gasteiger partial charge in [-0.3, -0.25) is 13.4 Å². The van der Waals surface area contributed by atoms with Crippen LogP contribution in [0.15, 0.2) is 66.0 Å². The van der Waals surface area contributed by atoms with Gasteiger partial charge < -0.3 is 24.3 Å². The molecular weight excluding hydrogens is 531 g/mol. The van der Waals surface area contributed by atoms with Crippen LogP contribution in [0.2, 0.25) is 0 Å². The van der Waals surface area contributed by atoms with Gasteiger partial charge in [-0.15, -0.1) is 11.3 Å². The smallest absolute Gasteiger partial charge is 0.484 e. The molecule has 0 atom stereocenters. The van der Waals surface area contributed by atoms with E-state index in [1.54, 1.807) is 43.3 Å². The zero-order valence-electron chi connectivity index (χ0n) is 22.2. The van der Waals surface area contributed by atoms with Crippen LogP contribution in [0.25, 0.3) is 28.5 Å². The predicted octanol–water partition coefficient (Wildman–Crippen LogP) is 4.88. The number of amides is 1. The molecule has 1 aromatic carbocycles. The van der Waals surface area contributed by atoms with E-state index in [0.29, 0.717) is 40.8 Å². The summed E-state index contributed by atoms with van der Waals surface area (Å²) in [4.78, 5) is 26.9. The molecule has 3 heterocycles. The Balaban J connectivity index is 1.33. The van der Waals surface area contributed by atoms with Crippen molar-refractivity contribution in [1.82, 2.24) is 14.8 Å². The summed E-state index contributed by atoms with van der Waals surface area (Å²) in [6, 6.07) is 18.0. The topological polar surface area (TPSA) is 76.1 Å². The maximum Gasteiger partial charge on any atom is 0.678 e. The Kier molecular flexibility index (Phi) is 10.3. The number of Topliss-reactive ketones (excluding diaryl/α,β-unsaturated/α-hetero) is 1. The molecule has 0 saturated carbocycles. The molecule has 0 aliphatic carbocycles. The van der Waals surface area contributed by atoms with Crippen LogP contribution in [0.1, 0.15) is 43.9 Å².